The van der Waals surface area contributed by atoms with Crippen LogP contribution in [-0.2, 0) is 0 Å². The third-order valence-corrected chi connectivity index (χ3v) is 3.08. The molecule has 0 spiro atoms. The third kappa shape index (κ3) is 2.37. The highest BCUT2D eigenvalue weighted by atomic mass is 35.5. The number of benzene rings is 2. The van der Waals surface area contributed by atoms with Crippen LogP contribution in [0.1, 0.15) is 0 Å². The maximum atomic E-state index is 12.9. The molecule has 0 aliphatic carbocycles. The fourth-order valence-electron chi connectivity index (χ4n) is 1.87. The van der Waals surface area contributed by atoms with Crippen LogP contribution >= 0.6 is 11.6 Å². The van der Waals surface area contributed by atoms with Crippen molar-refractivity contribution in [1.82, 2.24) is 9.78 Å². The van der Waals surface area contributed by atoms with E-state index in [0.29, 0.717) is 10.8 Å². The summed E-state index contributed by atoms with van der Waals surface area (Å²) in [7, 11) is 0. The Kier molecular flexibility index (Phi) is 3.05. The lowest BCUT2D eigenvalue weighted by atomic mass is 10.1. The molecule has 0 saturated carbocycles. The van der Waals surface area contributed by atoms with E-state index in [1.165, 1.54) is 12.1 Å². The zero-order chi connectivity index (χ0) is 13.2. The maximum absolute atomic E-state index is 12.9. The van der Waals surface area contributed by atoms with Gasteiger partial charge in [-0.2, -0.15) is 5.10 Å². The van der Waals surface area contributed by atoms with Gasteiger partial charge < -0.3 is 0 Å². The molecule has 19 heavy (non-hydrogen) atoms. The Balaban J connectivity index is 2.04. The van der Waals surface area contributed by atoms with Gasteiger partial charge in [-0.1, -0.05) is 29.8 Å². The molecule has 94 valence electrons. The van der Waals surface area contributed by atoms with Gasteiger partial charge in [0.15, 0.2) is 0 Å². The minimum Gasteiger partial charge on any atom is -0.222 e. The first-order chi connectivity index (χ1) is 9.24. The van der Waals surface area contributed by atoms with Crippen LogP contribution in [0.2, 0.25) is 5.15 Å². The maximum Gasteiger partial charge on any atom is 0.133 e. The number of nitrogens with zero attached hydrogens (tertiary/aromatic N) is 2. The van der Waals surface area contributed by atoms with E-state index in [1.807, 2.05) is 30.3 Å². The highest BCUT2D eigenvalue weighted by Gasteiger charge is 2.09. The normalized spacial score (nSPS) is 10.6. The number of halogens is 2. The fourth-order valence-corrected chi connectivity index (χ4v) is 2.11. The summed E-state index contributed by atoms with van der Waals surface area (Å²) >= 11 is 6.19. The van der Waals surface area contributed by atoms with Crippen molar-refractivity contribution in [2.45, 2.75) is 0 Å². The number of aromatic nitrogens is 2. The minimum absolute atomic E-state index is 0.266. The Morgan fingerprint density at radius 1 is 0.947 bits per heavy atom. The molecule has 0 fully saturated rings. The Morgan fingerprint density at radius 2 is 1.63 bits per heavy atom. The smallest absolute Gasteiger partial charge is 0.133 e. The first-order valence-electron chi connectivity index (χ1n) is 5.81. The summed E-state index contributed by atoms with van der Waals surface area (Å²) < 4.78 is 14.6. The first kappa shape index (κ1) is 11.9. The lowest BCUT2D eigenvalue weighted by Gasteiger charge is -2.01. The predicted molar refractivity (Wildman–Crippen MR) is 74.0 cm³/mol. The van der Waals surface area contributed by atoms with Crippen molar-refractivity contribution in [3.63, 3.8) is 0 Å². The fraction of sp³-hybridized carbons (Fsp3) is 0. The van der Waals surface area contributed by atoms with Gasteiger partial charge in [0.2, 0.25) is 0 Å². The zero-order valence-electron chi connectivity index (χ0n) is 9.92. The van der Waals surface area contributed by atoms with E-state index in [2.05, 4.69) is 5.10 Å². The molecule has 3 rings (SSSR count). The van der Waals surface area contributed by atoms with Crippen LogP contribution in [-0.4, -0.2) is 9.78 Å². The molecule has 0 aliphatic heterocycles. The Hall–Kier alpha value is -2.13. The molecule has 0 amide bonds. The van der Waals surface area contributed by atoms with Gasteiger partial charge in [-0.05, 0) is 36.4 Å². The van der Waals surface area contributed by atoms with Crippen molar-refractivity contribution < 1.29 is 4.39 Å². The Bertz CT molecular complexity index is 690. The molecule has 1 heterocycles. The largest absolute Gasteiger partial charge is 0.222 e. The van der Waals surface area contributed by atoms with E-state index in [9.17, 15) is 4.39 Å². The van der Waals surface area contributed by atoms with Gasteiger partial charge in [0, 0.05) is 11.6 Å². The van der Waals surface area contributed by atoms with E-state index in [0.717, 1.165) is 11.3 Å². The van der Waals surface area contributed by atoms with E-state index in [4.69, 9.17) is 11.6 Å². The summed E-state index contributed by atoms with van der Waals surface area (Å²) in [6.45, 7) is 0. The van der Waals surface area contributed by atoms with Gasteiger partial charge in [-0.15, -0.1) is 0 Å². The predicted octanol–water partition coefficient (Wildman–Crippen LogP) is 4.33. The average molecular weight is 273 g/mol. The summed E-state index contributed by atoms with van der Waals surface area (Å²) in [5.74, 6) is -0.266. The lowest BCUT2D eigenvalue weighted by Crippen LogP contribution is -1.95. The Morgan fingerprint density at radius 3 is 2.32 bits per heavy atom. The monoisotopic (exact) mass is 272 g/mol. The van der Waals surface area contributed by atoms with E-state index in [-0.39, 0.29) is 5.82 Å². The van der Waals surface area contributed by atoms with Crippen molar-refractivity contribution in [2.75, 3.05) is 0 Å². The first-order valence-corrected chi connectivity index (χ1v) is 6.19. The van der Waals surface area contributed by atoms with Crippen LogP contribution in [0.3, 0.4) is 0 Å². The molecule has 0 aliphatic rings. The second-order valence-corrected chi connectivity index (χ2v) is 4.49. The number of para-hydroxylation sites is 1. The molecule has 2 aromatic carbocycles. The molecule has 0 bridgehead atoms. The quantitative estimate of drug-likeness (QED) is 0.679. The lowest BCUT2D eigenvalue weighted by molar-refractivity contribution is 0.628. The molecule has 2 nitrogen and oxygen atoms in total. The number of rotatable bonds is 2. The molecule has 0 unspecified atom stereocenters. The van der Waals surface area contributed by atoms with Crippen molar-refractivity contribution in [1.29, 1.82) is 0 Å². The number of hydrogen-bond acceptors (Lipinski definition) is 1. The SMILES string of the molecule is Fc1ccc(-c2cc(Cl)n(-c3ccccc3)n2)cc1. The molecule has 0 saturated heterocycles. The van der Waals surface area contributed by atoms with Gasteiger partial charge in [0.1, 0.15) is 11.0 Å². The van der Waals surface area contributed by atoms with Gasteiger partial charge in [0.25, 0.3) is 0 Å². The van der Waals surface area contributed by atoms with Crippen molar-refractivity contribution in [3.05, 3.63) is 71.6 Å². The molecule has 4 heteroatoms. The standard InChI is InChI=1S/C15H10ClFN2/c16-15-10-14(11-6-8-12(17)9-7-11)18-19(15)13-4-2-1-3-5-13/h1-10H. The van der Waals surface area contributed by atoms with Gasteiger partial charge in [0.05, 0.1) is 11.4 Å². The topological polar surface area (TPSA) is 17.8 Å². The highest BCUT2D eigenvalue weighted by Crippen LogP contribution is 2.24. The van der Waals surface area contributed by atoms with Gasteiger partial charge >= 0.3 is 0 Å². The van der Waals surface area contributed by atoms with E-state index >= 15 is 0 Å². The molecule has 0 N–H and O–H groups in total. The highest BCUT2D eigenvalue weighted by molar-refractivity contribution is 6.30. The zero-order valence-corrected chi connectivity index (χ0v) is 10.7. The van der Waals surface area contributed by atoms with Crippen LogP contribution in [0, 0.1) is 5.82 Å². The Labute approximate surface area is 115 Å². The minimum atomic E-state index is -0.266. The summed E-state index contributed by atoms with van der Waals surface area (Å²) in [4.78, 5) is 0. The summed E-state index contributed by atoms with van der Waals surface area (Å²) in [6.07, 6.45) is 0. The third-order valence-electron chi connectivity index (χ3n) is 2.81. The van der Waals surface area contributed by atoms with Gasteiger partial charge in [-0.3, -0.25) is 0 Å². The molecular formula is C15H10ClFN2. The van der Waals surface area contributed by atoms with Crippen molar-refractivity contribution >= 4 is 11.6 Å². The number of hydrogen-bond donors (Lipinski definition) is 0. The molecule has 0 radical (unpaired) electrons. The summed E-state index contributed by atoms with van der Waals surface area (Å²) in [5, 5.41) is 4.96. The van der Waals surface area contributed by atoms with Crippen LogP contribution in [0.5, 0.6) is 0 Å². The van der Waals surface area contributed by atoms with E-state index < -0.39 is 0 Å². The van der Waals surface area contributed by atoms with Gasteiger partial charge in [-0.25, -0.2) is 9.07 Å². The molecular weight excluding hydrogens is 263 g/mol. The molecule has 1 aromatic heterocycles. The van der Waals surface area contributed by atoms with Crippen LogP contribution in [0.25, 0.3) is 16.9 Å². The summed E-state index contributed by atoms with van der Waals surface area (Å²) in [6, 6.07) is 17.6. The van der Waals surface area contributed by atoms with Crippen LogP contribution in [0.4, 0.5) is 4.39 Å². The van der Waals surface area contributed by atoms with Crippen LogP contribution in [0.15, 0.2) is 60.7 Å². The van der Waals surface area contributed by atoms with E-state index in [1.54, 1.807) is 22.9 Å². The average Bonchev–Trinajstić information content (AvgIpc) is 2.83. The molecule has 0 atom stereocenters. The second-order valence-electron chi connectivity index (χ2n) is 4.11. The van der Waals surface area contributed by atoms with Crippen molar-refractivity contribution in [2.24, 2.45) is 0 Å². The molecule has 3 aromatic rings. The van der Waals surface area contributed by atoms with Crippen molar-refractivity contribution in [3.8, 4) is 16.9 Å². The summed E-state index contributed by atoms with van der Waals surface area (Å²) in [5.41, 5.74) is 2.44. The second kappa shape index (κ2) is 4.86. The van der Waals surface area contributed by atoms with Crippen LogP contribution < -0.4 is 0 Å².